The summed E-state index contributed by atoms with van der Waals surface area (Å²) < 4.78 is 16.3. The highest BCUT2D eigenvalue weighted by Crippen LogP contribution is 2.23. The SMILES string of the molecule is CCCNC(Cc1nccn1CC)c1ccc(Cl)cc1F. The lowest BCUT2D eigenvalue weighted by atomic mass is 10.0. The van der Waals surface area contributed by atoms with Crippen LogP contribution in [0.4, 0.5) is 4.39 Å². The third kappa shape index (κ3) is 4.05. The van der Waals surface area contributed by atoms with Crippen LogP contribution in [0.25, 0.3) is 0 Å². The van der Waals surface area contributed by atoms with Gasteiger partial charge in [-0.05, 0) is 32.0 Å². The van der Waals surface area contributed by atoms with Crippen LogP contribution in [-0.4, -0.2) is 16.1 Å². The van der Waals surface area contributed by atoms with Crippen LogP contribution in [0.1, 0.15) is 37.7 Å². The number of rotatable bonds is 7. The van der Waals surface area contributed by atoms with E-state index in [0.717, 1.165) is 25.3 Å². The molecule has 1 aromatic heterocycles. The molecule has 0 bridgehead atoms. The van der Waals surface area contributed by atoms with Gasteiger partial charge in [0.25, 0.3) is 0 Å². The lowest BCUT2D eigenvalue weighted by Gasteiger charge is -2.20. The van der Waals surface area contributed by atoms with Gasteiger partial charge in [0.2, 0.25) is 0 Å². The molecule has 21 heavy (non-hydrogen) atoms. The molecular formula is C16H21ClFN3. The van der Waals surface area contributed by atoms with Gasteiger partial charge in [0.05, 0.1) is 0 Å². The summed E-state index contributed by atoms with van der Waals surface area (Å²) in [6.45, 7) is 5.86. The fourth-order valence-corrected chi connectivity index (χ4v) is 2.55. The molecule has 0 amide bonds. The van der Waals surface area contributed by atoms with E-state index >= 15 is 0 Å². The normalized spacial score (nSPS) is 12.6. The number of nitrogens with one attached hydrogen (secondary N) is 1. The average Bonchev–Trinajstić information content (AvgIpc) is 2.91. The Labute approximate surface area is 130 Å². The van der Waals surface area contributed by atoms with Crippen LogP contribution in [0.5, 0.6) is 0 Å². The minimum atomic E-state index is -0.272. The van der Waals surface area contributed by atoms with Crippen molar-refractivity contribution in [2.45, 2.75) is 39.3 Å². The predicted octanol–water partition coefficient (Wildman–Crippen LogP) is 3.98. The molecule has 0 spiro atoms. The van der Waals surface area contributed by atoms with E-state index in [9.17, 15) is 4.39 Å². The van der Waals surface area contributed by atoms with Gasteiger partial charge in [-0.15, -0.1) is 0 Å². The first-order chi connectivity index (χ1) is 10.2. The lowest BCUT2D eigenvalue weighted by molar-refractivity contribution is 0.481. The van der Waals surface area contributed by atoms with Crippen LogP contribution in [0, 0.1) is 5.82 Å². The summed E-state index contributed by atoms with van der Waals surface area (Å²) in [5, 5.41) is 3.82. The first-order valence-electron chi connectivity index (χ1n) is 7.34. The van der Waals surface area contributed by atoms with Crippen molar-refractivity contribution in [1.82, 2.24) is 14.9 Å². The Morgan fingerprint density at radius 1 is 1.38 bits per heavy atom. The fraction of sp³-hybridized carbons (Fsp3) is 0.438. The maximum atomic E-state index is 14.2. The molecule has 1 unspecified atom stereocenters. The van der Waals surface area contributed by atoms with Crippen molar-refractivity contribution in [3.8, 4) is 0 Å². The Kier molecular flexibility index (Phi) is 5.76. The fourth-order valence-electron chi connectivity index (χ4n) is 2.40. The van der Waals surface area contributed by atoms with Gasteiger partial charge in [-0.25, -0.2) is 9.37 Å². The zero-order valence-corrected chi connectivity index (χ0v) is 13.2. The van der Waals surface area contributed by atoms with E-state index in [4.69, 9.17) is 11.6 Å². The standard InChI is InChI=1S/C16H21ClFN3/c1-3-7-19-15(11-16-20-8-9-21(16)4-2)13-6-5-12(17)10-14(13)18/h5-6,8-10,15,19H,3-4,7,11H2,1-2H3. The molecule has 1 heterocycles. The van der Waals surface area contributed by atoms with Gasteiger partial charge in [-0.3, -0.25) is 0 Å². The molecule has 0 fully saturated rings. The summed E-state index contributed by atoms with van der Waals surface area (Å²) in [7, 11) is 0. The van der Waals surface area contributed by atoms with E-state index < -0.39 is 0 Å². The van der Waals surface area contributed by atoms with Gasteiger partial charge in [0.15, 0.2) is 0 Å². The van der Waals surface area contributed by atoms with Crippen molar-refractivity contribution < 1.29 is 4.39 Å². The highest BCUT2D eigenvalue weighted by Gasteiger charge is 2.18. The highest BCUT2D eigenvalue weighted by atomic mass is 35.5. The van der Waals surface area contributed by atoms with Crippen molar-refractivity contribution in [3.63, 3.8) is 0 Å². The first-order valence-corrected chi connectivity index (χ1v) is 7.71. The molecule has 114 valence electrons. The molecular weight excluding hydrogens is 289 g/mol. The second-order valence-corrected chi connectivity index (χ2v) is 5.44. The summed E-state index contributed by atoms with van der Waals surface area (Å²) in [6.07, 6.45) is 5.38. The van der Waals surface area contributed by atoms with Crippen molar-refractivity contribution in [2.75, 3.05) is 6.54 Å². The molecule has 2 rings (SSSR count). The molecule has 5 heteroatoms. The van der Waals surface area contributed by atoms with Crippen LogP contribution < -0.4 is 5.32 Å². The van der Waals surface area contributed by atoms with Gasteiger partial charge < -0.3 is 9.88 Å². The summed E-state index contributed by atoms with van der Waals surface area (Å²) in [6, 6.07) is 4.75. The molecule has 0 aliphatic rings. The molecule has 1 aromatic carbocycles. The van der Waals surface area contributed by atoms with Gasteiger partial charge in [0.1, 0.15) is 11.6 Å². The van der Waals surface area contributed by atoms with E-state index in [1.807, 2.05) is 6.20 Å². The average molecular weight is 310 g/mol. The first kappa shape index (κ1) is 16.0. The predicted molar refractivity (Wildman–Crippen MR) is 84.0 cm³/mol. The second-order valence-electron chi connectivity index (χ2n) is 5.01. The van der Waals surface area contributed by atoms with Gasteiger partial charge >= 0.3 is 0 Å². The van der Waals surface area contributed by atoms with E-state index in [1.165, 1.54) is 6.07 Å². The summed E-state index contributed by atoms with van der Waals surface area (Å²) >= 11 is 5.84. The monoisotopic (exact) mass is 309 g/mol. The highest BCUT2D eigenvalue weighted by molar-refractivity contribution is 6.30. The van der Waals surface area contributed by atoms with Crippen LogP contribution in [0.2, 0.25) is 5.02 Å². The maximum absolute atomic E-state index is 14.2. The van der Waals surface area contributed by atoms with Crippen LogP contribution in [0.3, 0.4) is 0 Å². The Hall–Kier alpha value is -1.39. The molecule has 0 radical (unpaired) electrons. The van der Waals surface area contributed by atoms with Crippen molar-refractivity contribution in [2.24, 2.45) is 0 Å². The lowest BCUT2D eigenvalue weighted by Crippen LogP contribution is -2.26. The van der Waals surface area contributed by atoms with E-state index in [2.05, 4.69) is 28.7 Å². The molecule has 0 saturated carbocycles. The maximum Gasteiger partial charge on any atom is 0.129 e. The molecule has 0 saturated heterocycles. The van der Waals surface area contributed by atoms with E-state index in [0.29, 0.717) is 17.0 Å². The second kappa shape index (κ2) is 7.57. The number of benzene rings is 1. The number of nitrogens with zero attached hydrogens (tertiary/aromatic N) is 2. The molecule has 3 nitrogen and oxygen atoms in total. The summed E-state index contributed by atoms with van der Waals surface area (Å²) in [4.78, 5) is 4.38. The number of halogens is 2. The number of imidazole rings is 1. The zero-order valence-electron chi connectivity index (χ0n) is 12.4. The van der Waals surface area contributed by atoms with Crippen LogP contribution >= 0.6 is 11.6 Å². The van der Waals surface area contributed by atoms with Gasteiger partial charge in [-0.1, -0.05) is 24.6 Å². The zero-order chi connectivity index (χ0) is 15.2. The number of hydrogen-bond acceptors (Lipinski definition) is 2. The van der Waals surface area contributed by atoms with E-state index in [-0.39, 0.29) is 11.9 Å². The Balaban J connectivity index is 2.25. The number of hydrogen-bond donors (Lipinski definition) is 1. The van der Waals surface area contributed by atoms with Crippen molar-refractivity contribution in [3.05, 3.63) is 52.8 Å². The smallest absolute Gasteiger partial charge is 0.129 e. The van der Waals surface area contributed by atoms with Crippen LogP contribution in [-0.2, 0) is 13.0 Å². The van der Waals surface area contributed by atoms with Gasteiger partial charge in [0, 0.05) is 42.0 Å². The van der Waals surface area contributed by atoms with Crippen molar-refractivity contribution >= 4 is 11.6 Å². The topological polar surface area (TPSA) is 29.9 Å². The van der Waals surface area contributed by atoms with E-state index in [1.54, 1.807) is 18.3 Å². The van der Waals surface area contributed by atoms with Crippen LogP contribution in [0.15, 0.2) is 30.6 Å². The largest absolute Gasteiger partial charge is 0.335 e. The Morgan fingerprint density at radius 3 is 2.86 bits per heavy atom. The molecule has 0 aliphatic heterocycles. The minimum Gasteiger partial charge on any atom is -0.335 e. The third-order valence-electron chi connectivity index (χ3n) is 3.51. The van der Waals surface area contributed by atoms with Gasteiger partial charge in [-0.2, -0.15) is 0 Å². The molecule has 0 aliphatic carbocycles. The Bertz CT molecular complexity index is 583. The summed E-state index contributed by atoms with van der Waals surface area (Å²) in [5.74, 6) is 0.686. The number of aromatic nitrogens is 2. The third-order valence-corrected chi connectivity index (χ3v) is 3.74. The van der Waals surface area contributed by atoms with Crippen molar-refractivity contribution in [1.29, 1.82) is 0 Å². The molecule has 2 aromatic rings. The number of aryl methyl sites for hydroxylation is 1. The molecule has 1 atom stereocenters. The molecule has 1 N–H and O–H groups in total. The minimum absolute atomic E-state index is 0.102. The quantitative estimate of drug-likeness (QED) is 0.838. The summed E-state index contributed by atoms with van der Waals surface area (Å²) in [5.41, 5.74) is 0.638. The Morgan fingerprint density at radius 2 is 2.19 bits per heavy atom.